The molecule has 0 unspecified atom stereocenters. The number of phenols is 1. The molecule has 1 aromatic rings. The van der Waals surface area contributed by atoms with Crippen molar-refractivity contribution >= 4 is 6.03 Å². The van der Waals surface area contributed by atoms with Crippen LogP contribution in [0.15, 0.2) is 24.3 Å². The fourth-order valence-electron chi connectivity index (χ4n) is 3.77. The van der Waals surface area contributed by atoms with Crippen molar-refractivity contribution < 1.29 is 15.0 Å². The van der Waals surface area contributed by atoms with Gasteiger partial charge in [0, 0.05) is 52.4 Å². The second kappa shape index (κ2) is 9.92. The molecule has 0 atom stereocenters. The molecule has 0 saturated carbocycles. The Labute approximate surface area is 161 Å². The Morgan fingerprint density at radius 2 is 1.81 bits per heavy atom. The van der Waals surface area contributed by atoms with E-state index in [9.17, 15) is 15.0 Å². The van der Waals surface area contributed by atoms with Crippen molar-refractivity contribution in [3.05, 3.63) is 29.8 Å². The van der Waals surface area contributed by atoms with Crippen molar-refractivity contribution in [3.63, 3.8) is 0 Å². The number of carbonyl (C=O) groups is 1. The van der Waals surface area contributed by atoms with Crippen LogP contribution >= 0.6 is 0 Å². The summed E-state index contributed by atoms with van der Waals surface area (Å²) in [6, 6.07) is 7.38. The molecule has 3 N–H and O–H groups in total. The largest absolute Gasteiger partial charge is 0.508 e. The highest BCUT2D eigenvalue weighted by Crippen LogP contribution is 2.14. The Morgan fingerprint density at radius 3 is 2.52 bits per heavy atom. The molecule has 2 aliphatic heterocycles. The standard InChI is InChI=1S/C20H32N4O3/c25-18-5-9-22(10-6-18)8-2-7-21-20(27)24-13-11-23(12-14-24)16-17-3-1-4-19(26)15-17/h1,3-4,15,18,25-26H,2,5-14,16H2,(H,21,27). The van der Waals surface area contributed by atoms with E-state index < -0.39 is 0 Å². The lowest BCUT2D eigenvalue weighted by atomic mass is 10.1. The van der Waals surface area contributed by atoms with Gasteiger partial charge in [-0.25, -0.2) is 4.79 Å². The average Bonchev–Trinajstić information content (AvgIpc) is 2.67. The first kappa shape index (κ1) is 19.9. The van der Waals surface area contributed by atoms with Gasteiger partial charge in [-0.2, -0.15) is 0 Å². The van der Waals surface area contributed by atoms with Gasteiger partial charge in [-0.15, -0.1) is 0 Å². The van der Waals surface area contributed by atoms with Crippen molar-refractivity contribution in [2.24, 2.45) is 0 Å². The number of hydrogen-bond acceptors (Lipinski definition) is 5. The van der Waals surface area contributed by atoms with Gasteiger partial charge >= 0.3 is 6.03 Å². The summed E-state index contributed by atoms with van der Waals surface area (Å²) in [6.07, 6.45) is 2.53. The molecule has 7 nitrogen and oxygen atoms in total. The molecule has 0 aromatic heterocycles. The molecular formula is C20H32N4O3. The van der Waals surface area contributed by atoms with E-state index in [1.54, 1.807) is 12.1 Å². The van der Waals surface area contributed by atoms with Crippen LogP contribution in [-0.4, -0.2) is 89.4 Å². The van der Waals surface area contributed by atoms with Gasteiger partial charge in [0.2, 0.25) is 0 Å². The first-order chi connectivity index (χ1) is 13.1. The van der Waals surface area contributed by atoms with E-state index in [1.807, 2.05) is 17.0 Å². The van der Waals surface area contributed by atoms with Crippen molar-refractivity contribution in [1.29, 1.82) is 0 Å². The summed E-state index contributed by atoms with van der Waals surface area (Å²) >= 11 is 0. The highest BCUT2D eigenvalue weighted by molar-refractivity contribution is 5.74. The molecule has 2 amide bonds. The van der Waals surface area contributed by atoms with E-state index in [4.69, 9.17) is 0 Å². The first-order valence-corrected chi connectivity index (χ1v) is 10.0. The summed E-state index contributed by atoms with van der Waals surface area (Å²) in [5, 5.41) is 22.1. The van der Waals surface area contributed by atoms with Crippen LogP contribution in [0.1, 0.15) is 24.8 Å². The maximum atomic E-state index is 12.3. The predicted molar refractivity (Wildman–Crippen MR) is 105 cm³/mol. The molecule has 0 radical (unpaired) electrons. The summed E-state index contributed by atoms with van der Waals surface area (Å²) in [7, 11) is 0. The number of piperazine rings is 1. The third-order valence-electron chi connectivity index (χ3n) is 5.46. The van der Waals surface area contributed by atoms with Gasteiger partial charge in [-0.1, -0.05) is 12.1 Å². The topological polar surface area (TPSA) is 79.3 Å². The number of phenolic OH excluding ortho intramolecular Hbond substituents is 1. The second-order valence-electron chi connectivity index (χ2n) is 7.59. The van der Waals surface area contributed by atoms with E-state index in [-0.39, 0.29) is 12.1 Å². The molecular weight excluding hydrogens is 344 g/mol. The smallest absolute Gasteiger partial charge is 0.317 e. The second-order valence-corrected chi connectivity index (χ2v) is 7.59. The third kappa shape index (κ3) is 6.37. The summed E-state index contributed by atoms with van der Waals surface area (Å²) in [5.74, 6) is 0.297. The Kier molecular flexibility index (Phi) is 7.32. The van der Waals surface area contributed by atoms with Crippen LogP contribution in [0, 0.1) is 0 Å². The number of aliphatic hydroxyl groups is 1. The average molecular weight is 377 g/mol. The fourth-order valence-corrected chi connectivity index (χ4v) is 3.77. The summed E-state index contributed by atoms with van der Waals surface area (Å²) < 4.78 is 0. The fraction of sp³-hybridized carbons (Fsp3) is 0.650. The predicted octanol–water partition coefficient (Wildman–Crippen LogP) is 1.07. The number of amides is 2. The minimum atomic E-state index is -0.132. The minimum Gasteiger partial charge on any atom is -0.508 e. The zero-order chi connectivity index (χ0) is 19.1. The lowest BCUT2D eigenvalue weighted by Crippen LogP contribution is -2.51. The number of piperidine rings is 1. The molecule has 0 bridgehead atoms. The highest BCUT2D eigenvalue weighted by atomic mass is 16.3. The van der Waals surface area contributed by atoms with Gasteiger partial charge in [-0.05, 0) is 43.5 Å². The number of benzene rings is 1. The molecule has 3 rings (SSSR count). The molecule has 2 saturated heterocycles. The Bertz CT molecular complexity index is 597. The SMILES string of the molecule is O=C(NCCCN1CCC(O)CC1)N1CCN(Cc2cccc(O)c2)CC1. The summed E-state index contributed by atoms with van der Waals surface area (Å²) in [6.45, 7) is 7.54. The van der Waals surface area contributed by atoms with Gasteiger partial charge in [0.15, 0.2) is 0 Å². The van der Waals surface area contributed by atoms with E-state index in [2.05, 4.69) is 15.1 Å². The normalized spacial score (nSPS) is 20.0. The van der Waals surface area contributed by atoms with E-state index in [0.29, 0.717) is 12.3 Å². The van der Waals surface area contributed by atoms with Gasteiger partial charge in [0.1, 0.15) is 5.75 Å². The number of likely N-dealkylation sites (tertiary alicyclic amines) is 1. The minimum absolute atomic E-state index is 0.0288. The number of hydrogen-bond donors (Lipinski definition) is 3. The quantitative estimate of drug-likeness (QED) is 0.647. The molecule has 0 aliphatic carbocycles. The van der Waals surface area contributed by atoms with Gasteiger partial charge < -0.3 is 25.3 Å². The van der Waals surface area contributed by atoms with Crippen LogP contribution in [0.2, 0.25) is 0 Å². The van der Waals surface area contributed by atoms with Gasteiger partial charge in [0.25, 0.3) is 0 Å². The van der Waals surface area contributed by atoms with E-state index in [1.165, 1.54) is 0 Å². The molecule has 2 fully saturated rings. The molecule has 27 heavy (non-hydrogen) atoms. The van der Waals surface area contributed by atoms with Crippen LogP contribution in [-0.2, 0) is 6.54 Å². The van der Waals surface area contributed by atoms with Crippen LogP contribution < -0.4 is 5.32 Å². The van der Waals surface area contributed by atoms with E-state index in [0.717, 1.165) is 77.2 Å². The molecule has 0 spiro atoms. The number of aromatic hydroxyl groups is 1. The number of urea groups is 1. The third-order valence-corrected chi connectivity index (χ3v) is 5.46. The maximum absolute atomic E-state index is 12.3. The van der Waals surface area contributed by atoms with Crippen molar-refractivity contribution in [1.82, 2.24) is 20.0 Å². The molecule has 2 heterocycles. The van der Waals surface area contributed by atoms with Crippen molar-refractivity contribution in [3.8, 4) is 5.75 Å². The number of carbonyl (C=O) groups excluding carboxylic acids is 1. The lowest BCUT2D eigenvalue weighted by molar-refractivity contribution is 0.0820. The Morgan fingerprint density at radius 1 is 1.07 bits per heavy atom. The monoisotopic (exact) mass is 376 g/mol. The van der Waals surface area contributed by atoms with Crippen LogP contribution in [0.5, 0.6) is 5.75 Å². The Hall–Kier alpha value is -1.83. The highest BCUT2D eigenvalue weighted by Gasteiger charge is 2.21. The first-order valence-electron chi connectivity index (χ1n) is 10.0. The zero-order valence-electron chi connectivity index (χ0n) is 16.0. The van der Waals surface area contributed by atoms with Gasteiger partial charge in [-0.3, -0.25) is 4.90 Å². The summed E-state index contributed by atoms with van der Waals surface area (Å²) in [5.41, 5.74) is 1.10. The number of aliphatic hydroxyl groups excluding tert-OH is 1. The molecule has 2 aliphatic rings. The zero-order valence-corrected chi connectivity index (χ0v) is 16.0. The van der Waals surface area contributed by atoms with Crippen molar-refractivity contribution in [2.45, 2.75) is 31.9 Å². The maximum Gasteiger partial charge on any atom is 0.317 e. The van der Waals surface area contributed by atoms with Gasteiger partial charge in [0.05, 0.1) is 6.10 Å². The van der Waals surface area contributed by atoms with Crippen LogP contribution in [0.4, 0.5) is 4.79 Å². The number of nitrogens with zero attached hydrogens (tertiary/aromatic N) is 3. The Balaban J connectivity index is 1.29. The molecule has 7 heteroatoms. The van der Waals surface area contributed by atoms with Crippen LogP contribution in [0.25, 0.3) is 0 Å². The lowest BCUT2D eigenvalue weighted by Gasteiger charge is -2.34. The molecule has 1 aromatic carbocycles. The number of nitrogens with one attached hydrogen (secondary N) is 1. The number of rotatable bonds is 6. The van der Waals surface area contributed by atoms with Crippen molar-refractivity contribution in [2.75, 3.05) is 52.4 Å². The summed E-state index contributed by atoms with van der Waals surface area (Å²) in [4.78, 5) is 18.9. The van der Waals surface area contributed by atoms with Crippen LogP contribution in [0.3, 0.4) is 0 Å². The molecule has 150 valence electrons. The van der Waals surface area contributed by atoms with E-state index >= 15 is 0 Å².